The maximum Gasteiger partial charge on any atom is 0.244 e. The number of carbonyl (C=O) groups excluding carboxylic acids is 1. The van der Waals surface area contributed by atoms with Crippen LogP contribution in [0.15, 0.2) is 59.5 Å². The zero-order valence-electron chi connectivity index (χ0n) is 17.8. The van der Waals surface area contributed by atoms with Gasteiger partial charge >= 0.3 is 0 Å². The van der Waals surface area contributed by atoms with E-state index in [1.807, 2.05) is 0 Å². The molecule has 0 saturated carbocycles. The van der Waals surface area contributed by atoms with E-state index in [9.17, 15) is 26.0 Å². The number of nitrogens with zero attached hydrogens (tertiary/aromatic N) is 1. The van der Waals surface area contributed by atoms with Gasteiger partial charge < -0.3 is 10.1 Å². The highest BCUT2D eigenvalue weighted by Gasteiger charge is 2.29. The predicted molar refractivity (Wildman–Crippen MR) is 120 cm³/mol. The van der Waals surface area contributed by atoms with Gasteiger partial charge in [0.25, 0.3) is 0 Å². The summed E-state index contributed by atoms with van der Waals surface area (Å²) in [6.07, 6.45) is -0.00340. The lowest BCUT2D eigenvalue weighted by Crippen LogP contribution is -2.49. The minimum atomic E-state index is -4.35. The van der Waals surface area contributed by atoms with Crippen molar-refractivity contribution < 1.29 is 30.8 Å². The van der Waals surface area contributed by atoms with Crippen molar-refractivity contribution in [3.8, 4) is 0 Å². The fourth-order valence-electron chi connectivity index (χ4n) is 3.33. The largest absolute Gasteiger partial charge is 0.379 e. The number of amides is 1. The number of hydrogen-bond acceptors (Lipinski definition) is 6. The second kappa shape index (κ2) is 11.2. The highest BCUT2D eigenvalue weighted by molar-refractivity contribution is 7.89. The van der Waals surface area contributed by atoms with E-state index in [0.717, 1.165) is 12.1 Å². The molecule has 2 N–H and O–H groups in total. The number of benzene rings is 2. The molecule has 180 valence electrons. The molecule has 1 atom stereocenters. The first-order valence-electron chi connectivity index (χ1n) is 10.3. The molecule has 12 heteroatoms. The van der Waals surface area contributed by atoms with E-state index in [4.69, 9.17) is 4.74 Å². The Balaban J connectivity index is 1.70. The fourth-order valence-corrected chi connectivity index (χ4v) is 5.93. The van der Waals surface area contributed by atoms with Crippen molar-refractivity contribution in [2.45, 2.75) is 17.4 Å². The summed E-state index contributed by atoms with van der Waals surface area (Å²) in [7, 11) is -7.95. The Bertz CT molecular complexity index is 1150. The van der Waals surface area contributed by atoms with Crippen LogP contribution >= 0.6 is 0 Å². The summed E-state index contributed by atoms with van der Waals surface area (Å²) >= 11 is 0. The summed E-state index contributed by atoms with van der Waals surface area (Å²) in [6, 6.07) is 12.3. The summed E-state index contributed by atoms with van der Waals surface area (Å²) in [5, 5.41) is 2.49. The molecule has 33 heavy (non-hydrogen) atoms. The molecule has 2 aromatic carbocycles. The second-order valence-corrected chi connectivity index (χ2v) is 11.2. The molecule has 1 unspecified atom stereocenters. The maximum atomic E-state index is 14.1. The lowest BCUT2D eigenvalue weighted by atomic mass is 10.1. The number of carbonyl (C=O) groups is 1. The molecule has 1 fully saturated rings. The standard InChI is InChI=1S/C21H26FN3O6S2/c22-18-8-4-5-9-20(18)33(29,30)24-19(16-17-6-2-1-3-7-17)21(26)23-10-15-32(27,28)25-11-13-31-14-12-25/h1-9,19,24H,10-16H2,(H,23,26). The highest BCUT2D eigenvalue weighted by atomic mass is 32.2. The Kier molecular flexibility index (Phi) is 8.54. The highest BCUT2D eigenvalue weighted by Crippen LogP contribution is 2.15. The van der Waals surface area contributed by atoms with E-state index in [1.54, 1.807) is 30.3 Å². The molecular weight excluding hydrogens is 473 g/mol. The van der Waals surface area contributed by atoms with Crippen LogP contribution in [0.3, 0.4) is 0 Å². The average molecular weight is 500 g/mol. The molecule has 0 aromatic heterocycles. The fraction of sp³-hybridized carbons (Fsp3) is 0.381. The summed E-state index contributed by atoms with van der Waals surface area (Å²) in [4.78, 5) is 12.3. The first-order chi connectivity index (χ1) is 15.7. The maximum absolute atomic E-state index is 14.1. The van der Waals surface area contributed by atoms with Gasteiger partial charge in [0.15, 0.2) is 0 Å². The number of ether oxygens (including phenoxy) is 1. The Hall–Kier alpha value is -2.38. The molecule has 0 aliphatic carbocycles. The Morgan fingerprint density at radius 2 is 1.64 bits per heavy atom. The van der Waals surface area contributed by atoms with E-state index in [2.05, 4.69) is 10.0 Å². The molecule has 2 aromatic rings. The molecule has 0 spiro atoms. The van der Waals surface area contributed by atoms with Crippen LogP contribution in [-0.2, 0) is 36.0 Å². The molecular formula is C21H26FN3O6S2. The van der Waals surface area contributed by atoms with Gasteiger partial charge in [-0.05, 0) is 24.1 Å². The topological polar surface area (TPSA) is 122 Å². The Morgan fingerprint density at radius 1 is 1.00 bits per heavy atom. The van der Waals surface area contributed by atoms with Crippen molar-refractivity contribution in [2.75, 3.05) is 38.6 Å². The van der Waals surface area contributed by atoms with Crippen LogP contribution in [0.2, 0.25) is 0 Å². The molecule has 1 aliphatic rings. The number of morpholine rings is 1. The first kappa shape index (κ1) is 25.2. The molecule has 9 nitrogen and oxygen atoms in total. The van der Waals surface area contributed by atoms with E-state index in [-0.39, 0.29) is 31.8 Å². The van der Waals surface area contributed by atoms with Gasteiger partial charge in [0.1, 0.15) is 16.8 Å². The number of rotatable bonds is 10. The normalized spacial score (nSPS) is 16.3. The predicted octanol–water partition coefficient (Wildman–Crippen LogP) is 0.494. The van der Waals surface area contributed by atoms with Gasteiger partial charge in [-0.1, -0.05) is 42.5 Å². The van der Waals surface area contributed by atoms with E-state index in [0.29, 0.717) is 18.8 Å². The molecule has 1 saturated heterocycles. The van der Waals surface area contributed by atoms with Crippen LogP contribution in [0, 0.1) is 5.82 Å². The van der Waals surface area contributed by atoms with Crippen molar-refractivity contribution in [2.24, 2.45) is 0 Å². The minimum absolute atomic E-state index is 0.00340. The van der Waals surface area contributed by atoms with Gasteiger partial charge in [0, 0.05) is 19.6 Å². The first-order valence-corrected chi connectivity index (χ1v) is 13.4. The number of sulfonamides is 2. The van der Waals surface area contributed by atoms with Crippen LogP contribution in [-0.4, -0.2) is 71.7 Å². The van der Waals surface area contributed by atoms with Crippen molar-refractivity contribution in [3.63, 3.8) is 0 Å². The van der Waals surface area contributed by atoms with E-state index >= 15 is 0 Å². The van der Waals surface area contributed by atoms with Gasteiger partial charge in [-0.2, -0.15) is 9.03 Å². The zero-order valence-corrected chi connectivity index (χ0v) is 19.4. The van der Waals surface area contributed by atoms with Crippen LogP contribution < -0.4 is 10.0 Å². The molecule has 0 radical (unpaired) electrons. The van der Waals surface area contributed by atoms with Crippen LogP contribution in [0.5, 0.6) is 0 Å². The van der Waals surface area contributed by atoms with E-state index in [1.165, 1.54) is 16.4 Å². The van der Waals surface area contributed by atoms with Crippen molar-refractivity contribution in [3.05, 3.63) is 66.0 Å². The Morgan fingerprint density at radius 3 is 2.30 bits per heavy atom. The van der Waals surface area contributed by atoms with Crippen molar-refractivity contribution in [1.29, 1.82) is 0 Å². The summed E-state index contributed by atoms with van der Waals surface area (Å²) < 4.78 is 73.2. The smallest absolute Gasteiger partial charge is 0.244 e. The molecule has 1 aliphatic heterocycles. The van der Waals surface area contributed by atoms with E-state index < -0.39 is 42.7 Å². The third kappa shape index (κ3) is 7.05. The molecule has 3 rings (SSSR count). The molecule has 0 bridgehead atoms. The average Bonchev–Trinajstić information content (AvgIpc) is 2.80. The van der Waals surface area contributed by atoms with Gasteiger partial charge in [-0.3, -0.25) is 4.79 Å². The molecule has 1 amide bonds. The number of hydrogen-bond donors (Lipinski definition) is 2. The quantitative estimate of drug-likeness (QED) is 0.491. The Labute approximate surface area is 193 Å². The van der Waals surface area contributed by atoms with Crippen molar-refractivity contribution in [1.82, 2.24) is 14.3 Å². The molecule has 1 heterocycles. The summed E-state index contributed by atoms with van der Waals surface area (Å²) in [5.74, 6) is -1.99. The lowest BCUT2D eigenvalue weighted by Gasteiger charge is -2.26. The van der Waals surface area contributed by atoms with Gasteiger partial charge in [0.2, 0.25) is 26.0 Å². The summed E-state index contributed by atoms with van der Waals surface area (Å²) in [5.41, 5.74) is 0.676. The van der Waals surface area contributed by atoms with Gasteiger partial charge in [0.05, 0.1) is 19.0 Å². The summed E-state index contributed by atoms with van der Waals surface area (Å²) in [6.45, 7) is 0.904. The SMILES string of the molecule is O=C(NCCS(=O)(=O)N1CCOCC1)C(Cc1ccccc1)NS(=O)(=O)c1ccccc1F. The second-order valence-electron chi connectivity index (χ2n) is 7.41. The van der Waals surface area contributed by atoms with Gasteiger partial charge in [-0.25, -0.2) is 21.2 Å². The monoisotopic (exact) mass is 499 g/mol. The third-order valence-corrected chi connectivity index (χ3v) is 8.42. The third-order valence-electron chi connectivity index (χ3n) is 5.05. The number of halogens is 1. The van der Waals surface area contributed by atoms with Crippen LogP contribution in [0.1, 0.15) is 5.56 Å². The van der Waals surface area contributed by atoms with Gasteiger partial charge in [-0.15, -0.1) is 0 Å². The van der Waals surface area contributed by atoms with Crippen molar-refractivity contribution >= 4 is 26.0 Å². The minimum Gasteiger partial charge on any atom is -0.379 e. The zero-order chi connectivity index (χ0) is 23.9. The lowest BCUT2D eigenvalue weighted by molar-refractivity contribution is -0.122. The van der Waals surface area contributed by atoms with Crippen LogP contribution in [0.25, 0.3) is 0 Å². The van der Waals surface area contributed by atoms with Crippen LogP contribution in [0.4, 0.5) is 4.39 Å². The number of nitrogens with one attached hydrogen (secondary N) is 2.